The van der Waals surface area contributed by atoms with Gasteiger partial charge in [0.05, 0.1) is 0 Å². The highest BCUT2D eigenvalue weighted by Crippen LogP contribution is 2.21. The molecule has 25 heavy (non-hydrogen) atoms. The number of ketones is 1. The molecule has 1 aromatic heterocycles. The number of Topliss-reactive ketones (excluding diaryl/α,β-unsaturated/α-hetero) is 1. The normalized spacial score (nSPS) is 11.4. The van der Waals surface area contributed by atoms with Gasteiger partial charge in [0.15, 0.2) is 5.78 Å². The van der Waals surface area contributed by atoms with Crippen LogP contribution in [0.15, 0.2) is 56.8 Å². The van der Waals surface area contributed by atoms with Crippen LogP contribution in [-0.2, 0) is 0 Å². The monoisotopic (exact) mass is 340 g/mol. The molecule has 0 aliphatic heterocycles. The molecule has 0 aliphatic rings. The van der Waals surface area contributed by atoms with Crippen molar-refractivity contribution in [3.63, 3.8) is 0 Å². The van der Waals surface area contributed by atoms with Gasteiger partial charge in [0.2, 0.25) is 0 Å². The summed E-state index contributed by atoms with van der Waals surface area (Å²) in [5, 5.41) is 0.700. The number of fused-ring (bicyclic) bond motifs is 1. The van der Waals surface area contributed by atoms with Gasteiger partial charge in [-0.15, -0.1) is 0 Å². The Bertz CT molecular complexity index is 880. The zero-order valence-corrected chi connectivity index (χ0v) is 15.2. The Hall–Kier alpha value is -2.62. The first-order valence-electron chi connectivity index (χ1n) is 8.37. The van der Waals surface area contributed by atoms with Crippen molar-refractivity contribution < 1.29 is 13.9 Å². The Morgan fingerprint density at radius 1 is 1.12 bits per heavy atom. The number of allylic oxidation sites excluding steroid dienone is 3. The van der Waals surface area contributed by atoms with Gasteiger partial charge < -0.3 is 9.15 Å². The molecule has 4 nitrogen and oxygen atoms in total. The van der Waals surface area contributed by atoms with Crippen molar-refractivity contribution in [2.45, 2.75) is 40.5 Å². The summed E-state index contributed by atoms with van der Waals surface area (Å²) < 4.78 is 10.9. The maximum Gasteiger partial charge on any atom is 0.347 e. The third-order valence-electron chi connectivity index (χ3n) is 3.86. The van der Waals surface area contributed by atoms with Crippen LogP contribution in [0.1, 0.15) is 50.9 Å². The quantitative estimate of drug-likeness (QED) is 0.401. The molecule has 1 heterocycles. The molecule has 0 radical (unpaired) electrons. The molecule has 0 spiro atoms. The second-order valence-electron chi connectivity index (χ2n) is 6.38. The highest BCUT2D eigenvalue weighted by molar-refractivity contribution is 5.96. The molecule has 0 aliphatic carbocycles. The predicted octanol–water partition coefficient (Wildman–Crippen LogP) is 5.07. The Morgan fingerprint density at radius 2 is 1.88 bits per heavy atom. The van der Waals surface area contributed by atoms with E-state index in [1.54, 1.807) is 24.3 Å². The lowest BCUT2D eigenvalue weighted by Gasteiger charge is -2.06. The molecule has 2 rings (SSSR count). The van der Waals surface area contributed by atoms with E-state index in [0.29, 0.717) is 23.3 Å². The number of hydrogen-bond donors (Lipinski definition) is 0. The van der Waals surface area contributed by atoms with Gasteiger partial charge in [-0.25, -0.2) is 4.79 Å². The van der Waals surface area contributed by atoms with Gasteiger partial charge in [0, 0.05) is 11.5 Å². The summed E-state index contributed by atoms with van der Waals surface area (Å²) in [5.74, 6) is 0.323. The minimum Gasteiger partial charge on any atom is -0.489 e. The van der Waals surface area contributed by atoms with Crippen LogP contribution in [0.4, 0.5) is 0 Å². The van der Waals surface area contributed by atoms with Crippen LogP contribution in [0.25, 0.3) is 11.0 Å². The molecule has 0 unspecified atom stereocenters. The van der Waals surface area contributed by atoms with E-state index in [9.17, 15) is 9.59 Å². The maximum atomic E-state index is 11.8. The van der Waals surface area contributed by atoms with E-state index >= 15 is 0 Å². The van der Waals surface area contributed by atoms with Crippen molar-refractivity contribution in [3.8, 4) is 5.75 Å². The summed E-state index contributed by atoms with van der Waals surface area (Å²) in [4.78, 5) is 23.2. The topological polar surface area (TPSA) is 56.5 Å². The lowest BCUT2D eigenvalue weighted by Crippen LogP contribution is -2.10. The Kier molecular flexibility index (Phi) is 6.34. The fourth-order valence-corrected chi connectivity index (χ4v) is 2.40. The summed E-state index contributed by atoms with van der Waals surface area (Å²) in [6.45, 7) is 8.09. The zero-order chi connectivity index (χ0) is 18.4. The first-order chi connectivity index (χ1) is 11.9. The van der Waals surface area contributed by atoms with E-state index in [0.717, 1.165) is 12.8 Å². The smallest absolute Gasteiger partial charge is 0.347 e. The molecule has 4 heteroatoms. The second-order valence-corrected chi connectivity index (χ2v) is 6.38. The van der Waals surface area contributed by atoms with Crippen LogP contribution in [0.3, 0.4) is 0 Å². The number of carbonyl (C=O) groups excluding carboxylic acids is 1. The van der Waals surface area contributed by atoms with Gasteiger partial charge in [0.1, 0.15) is 23.5 Å². The van der Waals surface area contributed by atoms with E-state index in [4.69, 9.17) is 9.15 Å². The zero-order valence-electron chi connectivity index (χ0n) is 15.2. The molecule has 0 bridgehead atoms. The maximum absolute atomic E-state index is 11.8. The van der Waals surface area contributed by atoms with E-state index in [1.165, 1.54) is 18.1 Å². The predicted molar refractivity (Wildman–Crippen MR) is 100 cm³/mol. The number of rotatable bonds is 7. The van der Waals surface area contributed by atoms with Crippen LogP contribution in [0.5, 0.6) is 5.75 Å². The van der Waals surface area contributed by atoms with Crippen molar-refractivity contribution in [2.75, 3.05) is 6.61 Å². The van der Waals surface area contributed by atoms with Crippen molar-refractivity contribution in [2.24, 2.45) is 0 Å². The van der Waals surface area contributed by atoms with E-state index < -0.39 is 5.63 Å². The molecule has 132 valence electrons. The molecule has 0 saturated heterocycles. The van der Waals surface area contributed by atoms with Crippen LogP contribution < -0.4 is 10.4 Å². The van der Waals surface area contributed by atoms with E-state index in [2.05, 4.69) is 32.9 Å². The van der Waals surface area contributed by atoms with Gasteiger partial charge in [-0.3, -0.25) is 4.79 Å². The highest BCUT2D eigenvalue weighted by Gasteiger charge is 2.09. The summed E-state index contributed by atoms with van der Waals surface area (Å²) in [6, 6.07) is 6.82. The summed E-state index contributed by atoms with van der Waals surface area (Å²) in [7, 11) is 0. The first kappa shape index (κ1) is 18.7. The lowest BCUT2D eigenvalue weighted by molar-refractivity contribution is 0.101. The van der Waals surface area contributed by atoms with Gasteiger partial charge in [-0.1, -0.05) is 17.2 Å². The average Bonchev–Trinajstić information content (AvgIpc) is 2.53. The van der Waals surface area contributed by atoms with Crippen molar-refractivity contribution in [1.82, 2.24) is 0 Å². The van der Waals surface area contributed by atoms with Crippen molar-refractivity contribution >= 4 is 16.8 Å². The van der Waals surface area contributed by atoms with Crippen LogP contribution in [-0.4, -0.2) is 12.4 Å². The number of hydrogen-bond acceptors (Lipinski definition) is 4. The molecule has 0 amide bonds. The molecule has 2 aromatic rings. The number of benzene rings is 1. The third-order valence-corrected chi connectivity index (χ3v) is 3.86. The second kappa shape index (κ2) is 8.47. The van der Waals surface area contributed by atoms with Gasteiger partial charge in [-0.05, 0) is 64.8 Å². The fourth-order valence-electron chi connectivity index (χ4n) is 2.40. The highest BCUT2D eigenvalue weighted by atomic mass is 16.5. The minimum absolute atomic E-state index is 0.0658. The third kappa shape index (κ3) is 5.45. The average molecular weight is 340 g/mol. The van der Waals surface area contributed by atoms with Crippen molar-refractivity contribution in [3.05, 3.63) is 63.5 Å². The van der Waals surface area contributed by atoms with Crippen LogP contribution in [0, 0.1) is 0 Å². The Morgan fingerprint density at radius 3 is 2.56 bits per heavy atom. The fraction of sp³-hybridized carbons (Fsp3) is 0.333. The SMILES string of the molecule is CC(=O)c1cc2ccc(OC/C=C(\C)CCC=C(C)C)cc2oc1=O. The lowest BCUT2D eigenvalue weighted by atomic mass is 10.1. The molecule has 0 saturated carbocycles. The van der Waals surface area contributed by atoms with E-state index in [-0.39, 0.29) is 11.3 Å². The molecular weight excluding hydrogens is 316 g/mol. The Labute approximate surface area is 147 Å². The summed E-state index contributed by atoms with van der Waals surface area (Å²) >= 11 is 0. The standard InChI is InChI=1S/C21H24O4/c1-14(2)6-5-7-15(3)10-11-24-18-9-8-17-12-19(16(4)22)21(23)25-20(17)13-18/h6,8-10,12-13H,5,7,11H2,1-4H3/b15-10+. The van der Waals surface area contributed by atoms with Gasteiger partial charge in [-0.2, -0.15) is 0 Å². The minimum atomic E-state index is -0.618. The molecule has 0 fully saturated rings. The van der Waals surface area contributed by atoms with Crippen LogP contribution >= 0.6 is 0 Å². The first-order valence-corrected chi connectivity index (χ1v) is 8.37. The largest absolute Gasteiger partial charge is 0.489 e. The molecular formula is C21H24O4. The van der Waals surface area contributed by atoms with Gasteiger partial charge >= 0.3 is 5.63 Å². The Balaban J connectivity index is 2.05. The number of carbonyl (C=O) groups is 1. The molecule has 0 N–H and O–H groups in total. The summed E-state index contributed by atoms with van der Waals surface area (Å²) in [5.41, 5.74) is 2.46. The van der Waals surface area contributed by atoms with Crippen LogP contribution in [0.2, 0.25) is 0 Å². The van der Waals surface area contributed by atoms with Crippen molar-refractivity contribution in [1.29, 1.82) is 0 Å². The number of ether oxygens (including phenoxy) is 1. The van der Waals surface area contributed by atoms with Gasteiger partial charge in [0.25, 0.3) is 0 Å². The molecule has 1 aromatic carbocycles. The molecule has 0 atom stereocenters. The van der Waals surface area contributed by atoms with E-state index in [1.807, 2.05) is 0 Å². The summed E-state index contributed by atoms with van der Waals surface area (Å²) in [6.07, 6.45) is 6.32.